The summed E-state index contributed by atoms with van der Waals surface area (Å²) in [4.78, 5) is 10.7. The highest BCUT2D eigenvalue weighted by atomic mass is 32.2. The van der Waals surface area contributed by atoms with Crippen LogP contribution in [0.15, 0.2) is 12.3 Å². The first-order valence-corrected chi connectivity index (χ1v) is 8.83. The number of hydrogen-bond donors (Lipinski definition) is 1. The van der Waals surface area contributed by atoms with Crippen LogP contribution in [-0.2, 0) is 9.84 Å². The average Bonchev–Trinajstić information content (AvgIpc) is 2.75. The van der Waals surface area contributed by atoms with Crippen molar-refractivity contribution < 1.29 is 8.42 Å². The lowest BCUT2D eigenvalue weighted by atomic mass is 10.2. The summed E-state index contributed by atoms with van der Waals surface area (Å²) >= 11 is 0. The largest absolute Gasteiger partial charge is 0.366 e. The van der Waals surface area contributed by atoms with Crippen LogP contribution in [-0.4, -0.2) is 49.5 Å². The molecule has 0 saturated carbocycles. The summed E-state index contributed by atoms with van der Waals surface area (Å²) in [5, 5.41) is 3.19. The zero-order valence-corrected chi connectivity index (χ0v) is 12.9. The molecule has 1 atom stereocenters. The Hall–Kier alpha value is -1.37. The van der Waals surface area contributed by atoms with Gasteiger partial charge in [-0.3, -0.25) is 0 Å². The van der Waals surface area contributed by atoms with Gasteiger partial charge in [0, 0.05) is 25.8 Å². The van der Waals surface area contributed by atoms with Crippen LogP contribution in [0.5, 0.6) is 0 Å². The van der Waals surface area contributed by atoms with E-state index in [-0.39, 0.29) is 17.5 Å². The number of rotatable bonds is 6. The monoisotopic (exact) mass is 298 g/mol. The van der Waals surface area contributed by atoms with Gasteiger partial charge in [0.25, 0.3) is 0 Å². The predicted octanol–water partition coefficient (Wildman–Crippen LogP) is 1.31. The van der Waals surface area contributed by atoms with Crippen LogP contribution < -0.4 is 10.2 Å². The molecule has 1 N–H and O–H groups in total. The second-order valence-corrected chi connectivity index (χ2v) is 7.49. The van der Waals surface area contributed by atoms with Gasteiger partial charge in [0.15, 0.2) is 9.84 Å². The van der Waals surface area contributed by atoms with Gasteiger partial charge in [-0.25, -0.2) is 13.4 Å². The van der Waals surface area contributed by atoms with Crippen LogP contribution in [0.25, 0.3) is 0 Å². The Bertz CT molecular complexity index is 547. The summed E-state index contributed by atoms with van der Waals surface area (Å²) < 4.78 is 22.9. The first kappa shape index (κ1) is 15.0. The van der Waals surface area contributed by atoms with Crippen molar-refractivity contribution in [1.29, 1.82) is 0 Å². The highest BCUT2D eigenvalue weighted by molar-refractivity contribution is 7.91. The van der Waals surface area contributed by atoms with E-state index in [1.165, 1.54) is 0 Å². The molecule has 1 saturated heterocycles. The quantitative estimate of drug-likeness (QED) is 0.853. The molecule has 2 rings (SSSR count). The number of nitrogens with zero attached hydrogens (tertiary/aromatic N) is 3. The molecule has 0 bridgehead atoms. The van der Waals surface area contributed by atoms with E-state index in [0.717, 1.165) is 19.4 Å². The number of unbranched alkanes of at least 4 members (excludes halogenated alkanes) is 1. The molecule has 112 valence electrons. The van der Waals surface area contributed by atoms with Crippen LogP contribution in [0.4, 0.5) is 11.8 Å². The van der Waals surface area contributed by atoms with Crippen molar-refractivity contribution in [1.82, 2.24) is 9.97 Å². The summed E-state index contributed by atoms with van der Waals surface area (Å²) in [5.74, 6) is 1.82. The van der Waals surface area contributed by atoms with Crippen molar-refractivity contribution in [3.8, 4) is 0 Å². The Morgan fingerprint density at radius 1 is 1.50 bits per heavy atom. The van der Waals surface area contributed by atoms with Gasteiger partial charge in [-0.1, -0.05) is 13.3 Å². The third kappa shape index (κ3) is 4.06. The first-order chi connectivity index (χ1) is 9.50. The predicted molar refractivity (Wildman–Crippen MR) is 80.9 cm³/mol. The molecule has 1 fully saturated rings. The van der Waals surface area contributed by atoms with E-state index in [9.17, 15) is 8.42 Å². The van der Waals surface area contributed by atoms with Gasteiger partial charge in [-0.05, 0) is 18.9 Å². The highest BCUT2D eigenvalue weighted by Gasteiger charge is 2.27. The minimum absolute atomic E-state index is 0.0382. The molecule has 0 radical (unpaired) electrons. The molecule has 2 heterocycles. The molecule has 1 aromatic heterocycles. The van der Waals surface area contributed by atoms with Crippen molar-refractivity contribution in [2.45, 2.75) is 32.2 Å². The van der Waals surface area contributed by atoms with E-state index in [2.05, 4.69) is 22.2 Å². The summed E-state index contributed by atoms with van der Waals surface area (Å²) in [6.07, 6.45) is 4.57. The van der Waals surface area contributed by atoms with E-state index in [1.807, 2.05) is 11.9 Å². The van der Waals surface area contributed by atoms with Gasteiger partial charge in [0.2, 0.25) is 5.95 Å². The van der Waals surface area contributed by atoms with Gasteiger partial charge >= 0.3 is 0 Å². The third-order valence-corrected chi connectivity index (χ3v) is 5.18. The lowest BCUT2D eigenvalue weighted by Crippen LogP contribution is -2.24. The standard InChI is InChI=1S/C13H22N4O2S/c1-3-4-8-17(2)13-14-7-5-12(16-13)15-11-6-9-20(18,19)10-11/h5,7,11H,3-4,6,8-10H2,1-2H3,(H,14,15,16). The molecule has 1 unspecified atom stereocenters. The van der Waals surface area contributed by atoms with Crippen molar-refractivity contribution in [2.24, 2.45) is 0 Å². The molecule has 1 aliphatic heterocycles. The fourth-order valence-electron chi connectivity index (χ4n) is 2.23. The Morgan fingerprint density at radius 2 is 2.30 bits per heavy atom. The first-order valence-electron chi connectivity index (χ1n) is 7.01. The maximum atomic E-state index is 11.4. The molecule has 0 spiro atoms. The lowest BCUT2D eigenvalue weighted by molar-refractivity contribution is 0.602. The van der Waals surface area contributed by atoms with E-state index in [0.29, 0.717) is 18.2 Å². The molecule has 1 aliphatic rings. The molecule has 0 aliphatic carbocycles. The van der Waals surface area contributed by atoms with Crippen LogP contribution in [0.3, 0.4) is 0 Å². The minimum atomic E-state index is -2.87. The molecule has 20 heavy (non-hydrogen) atoms. The maximum Gasteiger partial charge on any atom is 0.226 e. The summed E-state index contributed by atoms with van der Waals surface area (Å²) in [6.45, 7) is 3.06. The molecule has 7 heteroatoms. The van der Waals surface area contributed by atoms with Gasteiger partial charge in [0.1, 0.15) is 5.82 Å². The van der Waals surface area contributed by atoms with Crippen molar-refractivity contribution in [3.05, 3.63) is 12.3 Å². The number of hydrogen-bond acceptors (Lipinski definition) is 6. The summed E-state index contributed by atoms with van der Waals surface area (Å²) in [5.41, 5.74) is 0. The topological polar surface area (TPSA) is 75.2 Å². The van der Waals surface area contributed by atoms with Crippen LogP contribution >= 0.6 is 0 Å². The number of sulfone groups is 1. The van der Waals surface area contributed by atoms with Crippen LogP contribution in [0.1, 0.15) is 26.2 Å². The number of nitrogens with one attached hydrogen (secondary N) is 1. The average molecular weight is 298 g/mol. The highest BCUT2D eigenvalue weighted by Crippen LogP contribution is 2.17. The fourth-order valence-corrected chi connectivity index (χ4v) is 3.90. The minimum Gasteiger partial charge on any atom is -0.366 e. The lowest BCUT2D eigenvalue weighted by Gasteiger charge is -2.18. The second kappa shape index (κ2) is 6.39. The van der Waals surface area contributed by atoms with Crippen LogP contribution in [0, 0.1) is 0 Å². The third-order valence-electron chi connectivity index (χ3n) is 3.42. The fraction of sp³-hybridized carbons (Fsp3) is 0.692. The van der Waals surface area contributed by atoms with Gasteiger partial charge in [-0.2, -0.15) is 4.98 Å². The zero-order chi connectivity index (χ0) is 14.6. The van der Waals surface area contributed by atoms with Gasteiger partial charge in [-0.15, -0.1) is 0 Å². The number of anilines is 2. The summed E-state index contributed by atoms with van der Waals surface area (Å²) in [7, 11) is -0.903. The maximum absolute atomic E-state index is 11.4. The van der Waals surface area contributed by atoms with E-state index >= 15 is 0 Å². The normalized spacial score (nSPS) is 20.8. The van der Waals surface area contributed by atoms with E-state index < -0.39 is 9.84 Å². The smallest absolute Gasteiger partial charge is 0.226 e. The molecular weight excluding hydrogens is 276 g/mol. The molecular formula is C13H22N4O2S. The second-order valence-electron chi connectivity index (χ2n) is 5.26. The van der Waals surface area contributed by atoms with Crippen molar-refractivity contribution >= 4 is 21.6 Å². The van der Waals surface area contributed by atoms with Gasteiger partial charge in [0.05, 0.1) is 11.5 Å². The van der Waals surface area contributed by atoms with Crippen LogP contribution in [0.2, 0.25) is 0 Å². The SMILES string of the molecule is CCCCN(C)c1nccc(NC2CCS(=O)(=O)C2)n1. The zero-order valence-electron chi connectivity index (χ0n) is 12.0. The summed E-state index contributed by atoms with van der Waals surface area (Å²) in [6, 6.07) is 1.74. The van der Waals surface area contributed by atoms with E-state index in [4.69, 9.17) is 0 Å². The Balaban J connectivity index is 1.99. The Morgan fingerprint density at radius 3 is 2.95 bits per heavy atom. The number of aromatic nitrogens is 2. The van der Waals surface area contributed by atoms with Crippen molar-refractivity contribution in [2.75, 3.05) is 35.3 Å². The Kier molecular flexibility index (Phi) is 4.80. The van der Waals surface area contributed by atoms with Crippen molar-refractivity contribution in [3.63, 3.8) is 0 Å². The molecule has 0 amide bonds. The van der Waals surface area contributed by atoms with Gasteiger partial charge < -0.3 is 10.2 Å². The molecule has 1 aromatic rings. The molecule has 0 aromatic carbocycles. The molecule has 6 nitrogen and oxygen atoms in total. The van der Waals surface area contributed by atoms with E-state index in [1.54, 1.807) is 12.3 Å². The Labute approximate surface area is 120 Å².